The zero-order valence-corrected chi connectivity index (χ0v) is 18.7. The third-order valence-corrected chi connectivity index (χ3v) is 5.29. The molecule has 0 unspecified atom stereocenters. The topological polar surface area (TPSA) is 80.3 Å². The number of nitrogens with one attached hydrogen (secondary N) is 1. The van der Waals surface area contributed by atoms with Crippen LogP contribution < -0.4 is 19.5 Å². The molecule has 2 aromatic carbocycles. The van der Waals surface area contributed by atoms with E-state index in [-0.39, 0.29) is 18.4 Å². The van der Waals surface area contributed by atoms with E-state index >= 15 is 0 Å². The molecule has 172 valence electrons. The minimum atomic E-state index is -0.104. The first-order valence-corrected chi connectivity index (χ1v) is 10.9. The molecular formula is C24H31N3O5. The van der Waals surface area contributed by atoms with Gasteiger partial charge in [-0.2, -0.15) is 0 Å². The summed E-state index contributed by atoms with van der Waals surface area (Å²) in [6.07, 6.45) is 0. The Morgan fingerprint density at radius 1 is 0.875 bits per heavy atom. The third kappa shape index (κ3) is 6.88. The average molecular weight is 442 g/mol. The Hall–Kier alpha value is -3.26. The summed E-state index contributed by atoms with van der Waals surface area (Å²) in [4.78, 5) is 28.7. The minimum absolute atomic E-state index is 0.0197. The number of piperazine rings is 1. The zero-order chi connectivity index (χ0) is 22.8. The van der Waals surface area contributed by atoms with E-state index in [0.717, 1.165) is 31.1 Å². The summed E-state index contributed by atoms with van der Waals surface area (Å²) in [5.41, 5.74) is 0.605. The van der Waals surface area contributed by atoms with Gasteiger partial charge in [-0.05, 0) is 55.5 Å². The molecule has 1 aliphatic heterocycles. The number of carbonyl (C=O) groups is 2. The lowest BCUT2D eigenvalue weighted by Gasteiger charge is -2.34. The fourth-order valence-electron chi connectivity index (χ4n) is 3.43. The van der Waals surface area contributed by atoms with Crippen molar-refractivity contribution >= 4 is 11.8 Å². The standard InChI is InChI=1S/C24H31N3O5/c1-3-31-21-8-10-22(11-9-21)32-18-23(28)27-16-14-26(15-17-27)13-12-25-24(29)19-4-6-20(30-2)7-5-19/h4-11H,3,12-18H2,1-2H3,(H,25,29). The Morgan fingerprint density at radius 3 is 2.06 bits per heavy atom. The molecule has 0 aliphatic carbocycles. The quantitative estimate of drug-likeness (QED) is 0.608. The molecule has 1 fully saturated rings. The highest BCUT2D eigenvalue weighted by Crippen LogP contribution is 2.17. The largest absolute Gasteiger partial charge is 0.497 e. The van der Waals surface area contributed by atoms with Gasteiger partial charge in [-0.25, -0.2) is 0 Å². The van der Waals surface area contributed by atoms with Crippen LogP contribution in [-0.2, 0) is 4.79 Å². The maximum absolute atomic E-state index is 12.4. The van der Waals surface area contributed by atoms with E-state index in [1.807, 2.05) is 24.0 Å². The van der Waals surface area contributed by atoms with Gasteiger partial charge in [0, 0.05) is 44.8 Å². The third-order valence-electron chi connectivity index (χ3n) is 5.29. The lowest BCUT2D eigenvalue weighted by atomic mass is 10.2. The van der Waals surface area contributed by atoms with Gasteiger partial charge in [-0.3, -0.25) is 14.5 Å². The molecular weight excluding hydrogens is 410 g/mol. The first-order chi connectivity index (χ1) is 15.6. The van der Waals surface area contributed by atoms with Crippen molar-refractivity contribution in [2.75, 3.05) is 59.6 Å². The first kappa shape index (κ1) is 23.4. The number of hydrogen-bond donors (Lipinski definition) is 1. The van der Waals surface area contributed by atoms with Crippen molar-refractivity contribution < 1.29 is 23.8 Å². The second-order valence-electron chi connectivity index (χ2n) is 7.40. The minimum Gasteiger partial charge on any atom is -0.497 e. The van der Waals surface area contributed by atoms with Crippen LogP contribution in [0.4, 0.5) is 0 Å². The van der Waals surface area contributed by atoms with Gasteiger partial charge in [0.25, 0.3) is 11.8 Å². The Labute approximate surface area is 189 Å². The molecule has 1 N–H and O–H groups in total. The van der Waals surface area contributed by atoms with Crippen molar-refractivity contribution in [3.8, 4) is 17.2 Å². The number of amides is 2. The molecule has 0 atom stereocenters. The van der Waals surface area contributed by atoms with Gasteiger partial charge in [0.1, 0.15) is 17.2 Å². The molecule has 0 spiro atoms. The molecule has 32 heavy (non-hydrogen) atoms. The molecule has 0 saturated carbocycles. The van der Waals surface area contributed by atoms with Crippen molar-refractivity contribution in [2.24, 2.45) is 0 Å². The van der Waals surface area contributed by atoms with E-state index < -0.39 is 0 Å². The van der Waals surface area contributed by atoms with Crippen molar-refractivity contribution in [2.45, 2.75) is 6.92 Å². The highest BCUT2D eigenvalue weighted by Gasteiger charge is 2.21. The van der Waals surface area contributed by atoms with Crippen LogP contribution in [0, 0.1) is 0 Å². The molecule has 1 aliphatic rings. The predicted molar refractivity (Wildman–Crippen MR) is 121 cm³/mol. The Bertz CT molecular complexity index is 862. The van der Waals surface area contributed by atoms with Gasteiger partial charge in [0.05, 0.1) is 13.7 Å². The molecule has 2 amide bonds. The summed E-state index contributed by atoms with van der Waals surface area (Å²) in [5.74, 6) is 2.02. The van der Waals surface area contributed by atoms with Crippen LogP contribution in [0.3, 0.4) is 0 Å². The maximum Gasteiger partial charge on any atom is 0.260 e. The first-order valence-electron chi connectivity index (χ1n) is 10.9. The monoisotopic (exact) mass is 441 g/mol. The van der Waals surface area contributed by atoms with Crippen LogP contribution in [-0.4, -0.2) is 81.2 Å². The SMILES string of the molecule is CCOc1ccc(OCC(=O)N2CCN(CCNC(=O)c3ccc(OC)cc3)CC2)cc1. The van der Waals surface area contributed by atoms with Crippen molar-refractivity contribution in [1.29, 1.82) is 0 Å². The molecule has 0 aromatic heterocycles. The van der Waals surface area contributed by atoms with E-state index in [4.69, 9.17) is 14.2 Å². The second kappa shape index (κ2) is 12.0. The maximum atomic E-state index is 12.4. The van der Waals surface area contributed by atoms with Crippen LogP contribution in [0.15, 0.2) is 48.5 Å². The normalized spacial score (nSPS) is 14.0. The number of nitrogens with zero attached hydrogens (tertiary/aromatic N) is 2. The Morgan fingerprint density at radius 2 is 1.47 bits per heavy atom. The lowest BCUT2D eigenvalue weighted by molar-refractivity contribution is -0.135. The molecule has 8 nitrogen and oxygen atoms in total. The van der Waals surface area contributed by atoms with Crippen LogP contribution in [0.2, 0.25) is 0 Å². The lowest BCUT2D eigenvalue weighted by Crippen LogP contribution is -2.51. The number of hydrogen-bond acceptors (Lipinski definition) is 6. The number of methoxy groups -OCH3 is 1. The molecule has 3 rings (SSSR count). The summed E-state index contributed by atoms with van der Waals surface area (Å²) >= 11 is 0. The van der Waals surface area contributed by atoms with Crippen LogP contribution in [0.1, 0.15) is 17.3 Å². The van der Waals surface area contributed by atoms with E-state index in [2.05, 4.69) is 10.2 Å². The molecule has 0 radical (unpaired) electrons. The zero-order valence-electron chi connectivity index (χ0n) is 18.7. The molecule has 1 saturated heterocycles. The number of rotatable bonds is 10. The number of ether oxygens (including phenoxy) is 3. The van der Waals surface area contributed by atoms with Crippen molar-refractivity contribution in [3.63, 3.8) is 0 Å². The predicted octanol–water partition coefficient (Wildman–Crippen LogP) is 2.05. The number of carbonyl (C=O) groups excluding carboxylic acids is 2. The number of benzene rings is 2. The highest BCUT2D eigenvalue weighted by atomic mass is 16.5. The van der Waals surface area contributed by atoms with Gasteiger partial charge in [-0.15, -0.1) is 0 Å². The molecule has 1 heterocycles. The van der Waals surface area contributed by atoms with Gasteiger partial charge < -0.3 is 24.4 Å². The van der Waals surface area contributed by atoms with Crippen molar-refractivity contribution in [1.82, 2.24) is 15.1 Å². The van der Waals surface area contributed by atoms with E-state index in [9.17, 15) is 9.59 Å². The van der Waals surface area contributed by atoms with Gasteiger partial charge in [-0.1, -0.05) is 0 Å². The fraction of sp³-hybridized carbons (Fsp3) is 0.417. The Balaban J connectivity index is 1.32. The summed E-state index contributed by atoms with van der Waals surface area (Å²) in [7, 11) is 1.59. The van der Waals surface area contributed by atoms with Gasteiger partial charge in [0.2, 0.25) is 0 Å². The van der Waals surface area contributed by atoms with Gasteiger partial charge in [0.15, 0.2) is 6.61 Å². The summed E-state index contributed by atoms with van der Waals surface area (Å²) in [6.45, 7) is 6.70. The molecule has 8 heteroatoms. The molecule has 2 aromatic rings. The average Bonchev–Trinajstić information content (AvgIpc) is 2.84. The smallest absolute Gasteiger partial charge is 0.260 e. The van der Waals surface area contributed by atoms with Crippen LogP contribution >= 0.6 is 0 Å². The second-order valence-corrected chi connectivity index (χ2v) is 7.40. The summed E-state index contributed by atoms with van der Waals surface area (Å²) in [5, 5.41) is 2.94. The van der Waals surface area contributed by atoms with Crippen LogP contribution in [0.25, 0.3) is 0 Å². The highest BCUT2D eigenvalue weighted by molar-refractivity contribution is 5.94. The van der Waals surface area contributed by atoms with Gasteiger partial charge >= 0.3 is 0 Å². The van der Waals surface area contributed by atoms with Crippen molar-refractivity contribution in [3.05, 3.63) is 54.1 Å². The van der Waals surface area contributed by atoms with Crippen LogP contribution in [0.5, 0.6) is 17.2 Å². The molecule has 0 bridgehead atoms. The summed E-state index contributed by atoms with van der Waals surface area (Å²) in [6, 6.07) is 14.3. The fourth-order valence-corrected chi connectivity index (χ4v) is 3.43. The Kier molecular flexibility index (Phi) is 8.74. The summed E-state index contributed by atoms with van der Waals surface area (Å²) < 4.78 is 16.1. The van der Waals surface area contributed by atoms with E-state index in [1.54, 1.807) is 43.5 Å². The van der Waals surface area contributed by atoms with E-state index in [1.165, 1.54) is 0 Å². The van der Waals surface area contributed by atoms with E-state index in [0.29, 0.717) is 37.6 Å².